The highest BCUT2D eigenvalue weighted by Gasteiger charge is 2.14. The van der Waals surface area contributed by atoms with E-state index < -0.39 is 0 Å². The van der Waals surface area contributed by atoms with Gasteiger partial charge in [-0.25, -0.2) is 0 Å². The Morgan fingerprint density at radius 2 is 2.06 bits per heavy atom. The molecule has 1 aromatic carbocycles. The summed E-state index contributed by atoms with van der Waals surface area (Å²) in [5.74, 6) is 0. The zero-order valence-corrected chi connectivity index (χ0v) is 11.7. The van der Waals surface area contributed by atoms with E-state index in [1.54, 1.807) is 6.20 Å². The van der Waals surface area contributed by atoms with Crippen molar-refractivity contribution in [3.05, 3.63) is 52.3 Å². The Hall–Kier alpha value is -1.32. The van der Waals surface area contributed by atoms with E-state index in [1.165, 1.54) is 11.1 Å². The van der Waals surface area contributed by atoms with Crippen LogP contribution in [0.3, 0.4) is 0 Å². The van der Waals surface area contributed by atoms with Gasteiger partial charge in [-0.2, -0.15) is 5.10 Å². The van der Waals surface area contributed by atoms with E-state index in [2.05, 4.69) is 41.6 Å². The van der Waals surface area contributed by atoms with Crippen LogP contribution in [0.15, 0.2) is 30.5 Å². The van der Waals surface area contributed by atoms with E-state index in [4.69, 9.17) is 11.6 Å². The Balaban J connectivity index is 2.25. The van der Waals surface area contributed by atoms with Gasteiger partial charge in [0.1, 0.15) is 0 Å². The van der Waals surface area contributed by atoms with Crippen molar-refractivity contribution >= 4 is 11.6 Å². The maximum atomic E-state index is 6.03. The van der Waals surface area contributed by atoms with E-state index in [1.807, 2.05) is 18.7 Å². The third-order valence-electron chi connectivity index (χ3n) is 3.31. The van der Waals surface area contributed by atoms with E-state index in [0.717, 1.165) is 17.3 Å². The Kier molecular flexibility index (Phi) is 4.04. The highest BCUT2D eigenvalue weighted by Crippen LogP contribution is 2.21. The number of aryl methyl sites for hydroxylation is 1. The lowest BCUT2D eigenvalue weighted by Gasteiger charge is -2.19. The van der Waals surface area contributed by atoms with Gasteiger partial charge in [-0.15, -0.1) is 0 Å². The zero-order chi connectivity index (χ0) is 13.1. The average molecular weight is 264 g/mol. The summed E-state index contributed by atoms with van der Waals surface area (Å²) in [5.41, 5.74) is 3.59. The van der Waals surface area contributed by atoms with Gasteiger partial charge in [0.2, 0.25) is 0 Å². The van der Waals surface area contributed by atoms with E-state index in [9.17, 15) is 0 Å². The summed E-state index contributed by atoms with van der Waals surface area (Å²) in [5, 5.41) is 8.36. The molecule has 4 heteroatoms. The molecule has 0 saturated heterocycles. The third-order valence-corrected chi connectivity index (χ3v) is 3.68. The van der Waals surface area contributed by atoms with Crippen LogP contribution in [0, 0.1) is 13.8 Å². The molecule has 0 aliphatic rings. The molecule has 2 rings (SSSR count). The predicted molar refractivity (Wildman–Crippen MR) is 75.0 cm³/mol. The second kappa shape index (κ2) is 5.55. The minimum atomic E-state index is 0.237. The molecule has 0 fully saturated rings. The van der Waals surface area contributed by atoms with Crippen molar-refractivity contribution in [3.63, 3.8) is 0 Å². The van der Waals surface area contributed by atoms with E-state index >= 15 is 0 Å². The topological polar surface area (TPSA) is 29.9 Å². The number of aromatic nitrogens is 2. The highest BCUT2D eigenvalue weighted by molar-refractivity contribution is 6.31. The van der Waals surface area contributed by atoms with Crippen molar-refractivity contribution < 1.29 is 0 Å². The lowest BCUT2D eigenvalue weighted by Crippen LogP contribution is -2.23. The Morgan fingerprint density at radius 3 is 2.61 bits per heavy atom. The smallest absolute Gasteiger partial charge is 0.0814 e. The normalized spacial score (nSPS) is 12.7. The molecule has 1 aromatic heterocycles. The number of hydrogen-bond acceptors (Lipinski definition) is 2. The summed E-state index contributed by atoms with van der Waals surface area (Å²) in [6, 6.07) is 8.64. The van der Waals surface area contributed by atoms with Gasteiger partial charge >= 0.3 is 0 Å². The van der Waals surface area contributed by atoms with Gasteiger partial charge in [0, 0.05) is 0 Å². The van der Waals surface area contributed by atoms with Gasteiger partial charge in [0.05, 0.1) is 29.5 Å². The largest absolute Gasteiger partial charge is 0.311 e. The number of nitrogens with zero attached hydrogens (tertiary/aromatic N) is 2. The standard InChI is InChI=1S/C14H18ClN3/c1-10-6-4-5-7-12(10)14(16-3)9-18-11(2)13(15)8-17-18/h4-8,14,16H,9H2,1-3H3. The summed E-state index contributed by atoms with van der Waals surface area (Å²) in [6.07, 6.45) is 1.70. The molecule has 0 radical (unpaired) electrons. The van der Waals surface area contributed by atoms with Crippen LogP contribution >= 0.6 is 11.6 Å². The summed E-state index contributed by atoms with van der Waals surface area (Å²) in [7, 11) is 1.97. The fourth-order valence-electron chi connectivity index (χ4n) is 2.10. The first-order chi connectivity index (χ1) is 8.63. The molecule has 1 unspecified atom stereocenters. The molecule has 1 heterocycles. The molecule has 0 aliphatic heterocycles. The number of halogens is 1. The van der Waals surface area contributed by atoms with Gasteiger partial charge in [-0.05, 0) is 32.0 Å². The van der Waals surface area contributed by atoms with Gasteiger partial charge in [0.25, 0.3) is 0 Å². The maximum Gasteiger partial charge on any atom is 0.0814 e. The van der Waals surface area contributed by atoms with Crippen LogP contribution in [-0.4, -0.2) is 16.8 Å². The highest BCUT2D eigenvalue weighted by atomic mass is 35.5. The number of hydrogen-bond donors (Lipinski definition) is 1. The fourth-order valence-corrected chi connectivity index (χ4v) is 2.24. The molecule has 0 saturated carbocycles. The number of nitrogens with one attached hydrogen (secondary N) is 1. The molecule has 1 N–H and O–H groups in total. The number of rotatable bonds is 4. The Labute approximate surface area is 113 Å². The molecule has 1 atom stereocenters. The molecule has 3 nitrogen and oxygen atoms in total. The van der Waals surface area contributed by atoms with Crippen molar-refractivity contribution in [1.29, 1.82) is 0 Å². The number of benzene rings is 1. The summed E-state index contributed by atoms with van der Waals surface area (Å²) >= 11 is 6.03. The van der Waals surface area contributed by atoms with Crippen LogP contribution in [0.1, 0.15) is 22.9 Å². The Morgan fingerprint density at radius 1 is 1.33 bits per heavy atom. The molecule has 0 bridgehead atoms. The predicted octanol–water partition coefficient (Wildman–Crippen LogP) is 3.11. The van der Waals surface area contributed by atoms with Crippen molar-refractivity contribution in [2.45, 2.75) is 26.4 Å². The molecule has 0 amide bonds. The van der Waals surface area contributed by atoms with Crippen molar-refractivity contribution in [2.75, 3.05) is 7.05 Å². The minimum Gasteiger partial charge on any atom is -0.311 e. The molecule has 2 aromatic rings. The second-order valence-electron chi connectivity index (χ2n) is 4.46. The third kappa shape index (κ3) is 2.57. The van der Waals surface area contributed by atoms with Crippen LogP contribution in [0.2, 0.25) is 5.02 Å². The zero-order valence-electron chi connectivity index (χ0n) is 10.9. The molecular weight excluding hydrogens is 246 g/mol. The molecule has 96 valence electrons. The molecule has 18 heavy (non-hydrogen) atoms. The summed E-state index contributed by atoms with van der Waals surface area (Å²) in [4.78, 5) is 0. The van der Waals surface area contributed by atoms with Crippen LogP contribution in [0.4, 0.5) is 0 Å². The SMILES string of the molecule is CNC(Cn1ncc(Cl)c1C)c1ccccc1C. The maximum absolute atomic E-state index is 6.03. The minimum absolute atomic E-state index is 0.237. The fraction of sp³-hybridized carbons (Fsp3) is 0.357. The Bertz CT molecular complexity index is 534. The lowest BCUT2D eigenvalue weighted by molar-refractivity contribution is 0.460. The first-order valence-electron chi connectivity index (χ1n) is 6.04. The van der Waals surface area contributed by atoms with Gasteiger partial charge < -0.3 is 5.32 Å². The van der Waals surface area contributed by atoms with E-state index in [-0.39, 0.29) is 6.04 Å². The quantitative estimate of drug-likeness (QED) is 0.919. The molecule has 0 spiro atoms. The van der Waals surface area contributed by atoms with Crippen LogP contribution < -0.4 is 5.32 Å². The molecule has 0 aliphatic carbocycles. The first-order valence-corrected chi connectivity index (χ1v) is 6.42. The summed E-state index contributed by atoms with van der Waals surface area (Å²) < 4.78 is 1.94. The van der Waals surface area contributed by atoms with Crippen LogP contribution in [0.5, 0.6) is 0 Å². The van der Waals surface area contributed by atoms with Crippen LogP contribution in [0.25, 0.3) is 0 Å². The van der Waals surface area contributed by atoms with Crippen molar-refractivity contribution in [1.82, 2.24) is 15.1 Å². The van der Waals surface area contributed by atoms with E-state index in [0.29, 0.717) is 0 Å². The lowest BCUT2D eigenvalue weighted by atomic mass is 10.0. The second-order valence-corrected chi connectivity index (χ2v) is 4.87. The van der Waals surface area contributed by atoms with Gasteiger partial charge in [0.15, 0.2) is 0 Å². The molecular formula is C14H18ClN3. The van der Waals surface area contributed by atoms with Gasteiger partial charge in [-0.1, -0.05) is 35.9 Å². The van der Waals surface area contributed by atoms with Crippen LogP contribution in [-0.2, 0) is 6.54 Å². The summed E-state index contributed by atoms with van der Waals surface area (Å²) in [6.45, 7) is 4.89. The van der Waals surface area contributed by atoms with Crippen molar-refractivity contribution in [2.24, 2.45) is 0 Å². The number of likely N-dealkylation sites (N-methyl/N-ethyl adjacent to an activating group) is 1. The average Bonchev–Trinajstić information content (AvgIpc) is 2.68. The monoisotopic (exact) mass is 263 g/mol. The van der Waals surface area contributed by atoms with Crippen molar-refractivity contribution in [3.8, 4) is 0 Å². The van der Waals surface area contributed by atoms with Gasteiger partial charge in [-0.3, -0.25) is 4.68 Å². The first kappa shape index (κ1) is 13.1.